The van der Waals surface area contributed by atoms with Crippen molar-refractivity contribution in [3.05, 3.63) is 94.5 Å². The summed E-state index contributed by atoms with van der Waals surface area (Å²) in [6.45, 7) is 3.54. The van der Waals surface area contributed by atoms with Gasteiger partial charge in [-0.3, -0.25) is 4.79 Å². The van der Waals surface area contributed by atoms with Gasteiger partial charge >= 0.3 is 0 Å². The number of fused-ring (bicyclic) bond motifs is 2. The van der Waals surface area contributed by atoms with E-state index in [1.54, 1.807) is 11.3 Å². The second-order valence-electron chi connectivity index (χ2n) is 9.07. The Morgan fingerprint density at radius 1 is 0.848 bits per heavy atom. The number of anilines is 1. The summed E-state index contributed by atoms with van der Waals surface area (Å²) in [4.78, 5) is 22.4. The molecule has 1 aromatic heterocycles. The zero-order valence-electron chi connectivity index (χ0n) is 18.6. The van der Waals surface area contributed by atoms with Crippen LogP contribution >= 0.6 is 11.3 Å². The van der Waals surface area contributed by atoms with Gasteiger partial charge in [0, 0.05) is 43.3 Å². The first-order valence-corrected chi connectivity index (χ1v) is 12.6. The highest BCUT2D eigenvalue weighted by Gasteiger charge is 2.26. The lowest BCUT2D eigenvalue weighted by molar-refractivity contribution is 0.0713. The van der Waals surface area contributed by atoms with Crippen LogP contribution in [0.2, 0.25) is 0 Å². The Hall–Kier alpha value is -3.18. The molecule has 0 saturated carbocycles. The predicted octanol–water partition coefficient (Wildman–Crippen LogP) is 5.88. The topological polar surface area (TPSA) is 36.4 Å². The van der Waals surface area contributed by atoms with Gasteiger partial charge in [-0.15, -0.1) is 11.3 Å². The number of hydrogen-bond donors (Lipinski definition) is 0. The van der Waals surface area contributed by atoms with E-state index >= 15 is 0 Å². The molecular weight excluding hydrogens is 426 g/mol. The van der Waals surface area contributed by atoms with Gasteiger partial charge in [0.15, 0.2) is 0 Å². The van der Waals surface area contributed by atoms with Gasteiger partial charge in [0.25, 0.3) is 5.91 Å². The van der Waals surface area contributed by atoms with Gasteiger partial charge in [0.1, 0.15) is 0 Å². The number of para-hydroxylation sites is 1. The second-order valence-corrected chi connectivity index (χ2v) is 10.1. The standard InChI is InChI=1S/C28H27N3OS/c32-28(30-16-14-21(15-17-30)27-29-25-7-3-4-8-26(25)33-27)22-9-11-24(12-10-22)31-18-13-20-5-1-2-6-23(20)19-31/h1-12,21H,13-19H2. The molecule has 4 nitrogen and oxygen atoms in total. The first-order valence-electron chi connectivity index (χ1n) is 11.8. The number of carbonyl (C=O) groups is 1. The van der Waals surface area contributed by atoms with Crippen molar-refractivity contribution >= 4 is 33.1 Å². The van der Waals surface area contributed by atoms with Crippen LogP contribution in [0.25, 0.3) is 10.2 Å². The fourth-order valence-electron chi connectivity index (χ4n) is 5.11. The zero-order chi connectivity index (χ0) is 22.2. The van der Waals surface area contributed by atoms with E-state index in [9.17, 15) is 4.79 Å². The van der Waals surface area contributed by atoms with Crippen LogP contribution in [0, 0.1) is 0 Å². The maximum Gasteiger partial charge on any atom is 0.253 e. The molecule has 33 heavy (non-hydrogen) atoms. The summed E-state index contributed by atoms with van der Waals surface area (Å²) in [5.74, 6) is 0.601. The summed E-state index contributed by atoms with van der Waals surface area (Å²) in [6.07, 6.45) is 3.04. The van der Waals surface area contributed by atoms with Gasteiger partial charge in [0.2, 0.25) is 0 Å². The lowest BCUT2D eigenvalue weighted by Gasteiger charge is -2.32. The number of rotatable bonds is 3. The van der Waals surface area contributed by atoms with E-state index in [0.29, 0.717) is 5.92 Å². The number of benzene rings is 3. The Kier molecular flexibility index (Phi) is 5.35. The maximum atomic E-state index is 13.1. The molecule has 166 valence electrons. The van der Waals surface area contributed by atoms with Crippen molar-refractivity contribution in [1.82, 2.24) is 9.88 Å². The molecule has 4 aromatic rings. The molecule has 0 atom stereocenters. The predicted molar refractivity (Wildman–Crippen MR) is 135 cm³/mol. The minimum atomic E-state index is 0.147. The van der Waals surface area contributed by atoms with Crippen molar-refractivity contribution in [3.8, 4) is 0 Å². The lowest BCUT2D eigenvalue weighted by atomic mass is 9.97. The molecule has 0 radical (unpaired) electrons. The molecule has 5 heteroatoms. The number of nitrogens with zero attached hydrogens (tertiary/aromatic N) is 3. The fraction of sp³-hybridized carbons (Fsp3) is 0.286. The molecule has 0 bridgehead atoms. The van der Waals surface area contributed by atoms with Crippen LogP contribution in [0.5, 0.6) is 0 Å². The molecule has 6 rings (SSSR count). The Morgan fingerprint density at radius 2 is 1.58 bits per heavy atom. The summed E-state index contributed by atoms with van der Waals surface area (Å²) in [7, 11) is 0. The van der Waals surface area contributed by atoms with Gasteiger partial charge in [-0.1, -0.05) is 36.4 Å². The Balaban J connectivity index is 1.09. The number of thiazole rings is 1. The molecule has 3 aromatic carbocycles. The van der Waals surface area contributed by atoms with Crippen LogP contribution in [0.4, 0.5) is 5.69 Å². The van der Waals surface area contributed by atoms with Crippen molar-refractivity contribution in [3.63, 3.8) is 0 Å². The van der Waals surface area contributed by atoms with Gasteiger partial charge in [-0.05, 0) is 66.8 Å². The van der Waals surface area contributed by atoms with E-state index in [2.05, 4.69) is 59.5 Å². The average molecular weight is 454 g/mol. The summed E-state index contributed by atoms with van der Waals surface area (Å²) < 4.78 is 1.25. The highest BCUT2D eigenvalue weighted by molar-refractivity contribution is 7.18. The number of piperidine rings is 1. The SMILES string of the molecule is O=C(c1ccc(N2CCc3ccccc3C2)cc1)N1CCC(c2nc3ccccc3s2)CC1. The minimum Gasteiger partial charge on any atom is -0.367 e. The van der Waals surface area contributed by atoms with Gasteiger partial charge < -0.3 is 9.80 Å². The molecule has 0 unspecified atom stereocenters. The Labute approximate surface area is 198 Å². The Bertz CT molecular complexity index is 1260. The van der Waals surface area contributed by atoms with Crippen LogP contribution in [0.3, 0.4) is 0 Å². The molecule has 1 amide bonds. The first kappa shape index (κ1) is 20.4. The molecular formula is C28H27N3OS. The van der Waals surface area contributed by atoms with Crippen molar-refractivity contribution in [2.45, 2.75) is 31.7 Å². The van der Waals surface area contributed by atoms with Crippen molar-refractivity contribution in [2.75, 3.05) is 24.5 Å². The third-order valence-electron chi connectivity index (χ3n) is 7.05. The summed E-state index contributed by atoms with van der Waals surface area (Å²) in [5.41, 5.74) is 5.92. The van der Waals surface area contributed by atoms with Crippen LogP contribution in [0.15, 0.2) is 72.8 Å². The third-order valence-corrected chi connectivity index (χ3v) is 8.25. The van der Waals surface area contributed by atoms with E-state index < -0.39 is 0 Å². The van der Waals surface area contributed by atoms with Crippen LogP contribution in [-0.2, 0) is 13.0 Å². The van der Waals surface area contributed by atoms with Crippen LogP contribution in [-0.4, -0.2) is 35.4 Å². The molecule has 2 aliphatic rings. The number of likely N-dealkylation sites (tertiary alicyclic amines) is 1. The second kappa shape index (κ2) is 8.64. The molecule has 0 spiro atoms. The summed E-state index contributed by atoms with van der Waals surface area (Å²) in [6, 6.07) is 25.2. The van der Waals surface area contributed by atoms with Crippen LogP contribution < -0.4 is 4.90 Å². The van der Waals surface area contributed by atoms with E-state index in [4.69, 9.17) is 4.98 Å². The van der Waals surface area contributed by atoms with E-state index in [1.165, 1.54) is 26.5 Å². The van der Waals surface area contributed by atoms with E-state index in [1.807, 2.05) is 23.1 Å². The van der Waals surface area contributed by atoms with E-state index in [0.717, 1.165) is 56.5 Å². The van der Waals surface area contributed by atoms with Crippen molar-refractivity contribution < 1.29 is 4.79 Å². The third kappa shape index (κ3) is 4.02. The minimum absolute atomic E-state index is 0.147. The van der Waals surface area contributed by atoms with E-state index in [-0.39, 0.29) is 5.91 Å². The molecule has 0 aliphatic carbocycles. The van der Waals surface area contributed by atoms with Crippen molar-refractivity contribution in [1.29, 1.82) is 0 Å². The number of hydrogen-bond acceptors (Lipinski definition) is 4. The van der Waals surface area contributed by atoms with Gasteiger partial charge in [-0.2, -0.15) is 0 Å². The average Bonchev–Trinajstić information content (AvgIpc) is 3.33. The largest absolute Gasteiger partial charge is 0.367 e. The molecule has 3 heterocycles. The zero-order valence-corrected chi connectivity index (χ0v) is 19.4. The lowest BCUT2D eigenvalue weighted by Crippen LogP contribution is -2.38. The molecule has 1 fully saturated rings. The molecule has 2 aliphatic heterocycles. The first-order chi connectivity index (χ1) is 16.2. The van der Waals surface area contributed by atoms with Gasteiger partial charge in [0.05, 0.1) is 15.2 Å². The number of carbonyl (C=O) groups excluding carboxylic acids is 1. The Morgan fingerprint density at radius 3 is 2.36 bits per heavy atom. The number of aromatic nitrogens is 1. The highest BCUT2D eigenvalue weighted by atomic mass is 32.1. The molecule has 0 N–H and O–H groups in total. The summed E-state index contributed by atoms with van der Waals surface area (Å²) >= 11 is 1.80. The fourth-order valence-corrected chi connectivity index (χ4v) is 6.24. The summed E-state index contributed by atoms with van der Waals surface area (Å²) in [5, 5.41) is 1.22. The highest BCUT2D eigenvalue weighted by Crippen LogP contribution is 2.34. The normalized spacial score (nSPS) is 16.7. The maximum absolute atomic E-state index is 13.1. The van der Waals surface area contributed by atoms with Crippen molar-refractivity contribution in [2.24, 2.45) is 0 Å². The quantitative estimate of drug-likeness (QED) is 0.389. The molecule has 1 saturated heterocycles. The monoisotopic (exact) mass is 453 g/mol. The smallest absolute Gasteiger partial charge is 0.253 e. The van der Waals surface area contributed by atoms with Gasteiger partial charge in [-0.25, -0.2) is 4.98 Å². The van der Waals surface area contributed by atoms with Crippen LogP contribution in [0.1, 0.15) is 45.3 Å². The number of amides is 1.